The third-order valence-corrected chi connectivity index (χ3v) is 23.7. The number of hydrogen-bond donors (Lipinski definition) is 43. The van der Waals surface area contributed by atoms with Gasteiger partial charge in [0.15, 0.2) is 53.6 Å². The number of rotatable bonds is 73. The summed E-state index contributed by atoms with van der Waals surface area (Å²) in [5.74, 6) is -18.6. The molecule has 4 rings (SSSR count). The van der Waals surface area contributed by atoms with Gasteiger partial charge >= 0.3 is 23.9 Å². The van der Waals surface area contributed by atoms with Gasteiger partial charge in [0.05, 0.1) is 18.3 Å². The van der Waals surface area contributed by atoms with Crippen LogP contribution in [0.25, 0.3) is 0 Å². The standard InChI is InChI=1S/C83H145N43O19S/c84-74(85)102-29-3-12-46(111-59(127)22-2-1-21-58-62-57(42-146-58)122-83(144)123-62)63(132)112-47(13-4-30-103-75(86)87)64(133)113-48(14-5-31-104-76(88)89)65(134)114-49(15-6-32-105-77(90)91)66(135)115-50(16-7-33-106-78(92)93)67(136)116-51(17-8-34-107-79(94)95)68(137)117-52(18-9-35-108-80(96)97)69(138)118-53(19-10-36-109-81(98)99)70(139)120-55(27-28-60(128)129)72(141)119-54(20-11-37-110-82(100)101)71(140)121-56(73(142)143)38-43-23-25-45(26-24-43)145-41-44-39-126(125-124-44)40-61(130)131/h23-26,39,46-58,62H,1-22,27-38,40-42H2,(H,111,127)(H,112,132)(H,113,133)(H,114,134)(H,115,135)(H,116,136)(H,117,137)(H,118,138)(H,119,141)(H,120,139)(H,121,140)(H,128,129)(H,130,131)(H,142,143)(H4,84,85,102)(H4,86,87,103)(H4,88,89,104)(H4,90,91,105)(H4,92,93,106)(H4,94,95,107)(H4,96,97,108)(H4,98,99,109)(H4,100,101,110)(H2,122,123,144)/t46-,47-,48-,49-,50-,51-,52-,53-,54-,55-,56-,57-,58-,62-/m0/s1. The number of nitrogens with two attached hydrogens (primary N) is 9. The summed E-state index contributed by atoms with van der Waals surface area (Å²) in [6, 6.07) is -12.6. The fraction of sp³-hybridized carbons (Fsp3) is 0.614. The van der Waals surface area contributed by atoms with E-state index in [9.17, 15) is 58.2 Å². The lowest BCUT2D eigenvalue weighted by Crippen LogP contribution is -2.61. The molecular weight excluding hydrogens is 1940 g/mol. The molecule has 0 radical (unpaired) electrons. The predicted molar refractivity (Wildman–Crippen MR) is 534 cm³/mol. The van der Waals surface area contributed by atoms with Crippen LogP contribution in [0.15, 0.2) is 30.5 Å². The Morgan fingerprint density at radius 3 is 0.925 bits per heavy atom. The maximum absolute atomic E-state index is 15.2. The van der Waals surface area contributed by atoms with E-state index >= 15 is 24.0 Å². The highest BCUT2D eigenvalue weighted by Crippen LogP contribution is 2.33. The zero-order chi connectivity index (χ0) is 108. The van der Waals surface area contributed by atoms with Gasteiger partial charge in [0, 0.05) is 89.2 Å². The number of thioether (sulfide) groups is 1. The second kappa shape index (κ2) is 66.5. The van der Waals surface area contributed by atoms with Crippen LogP contribution in [0.2, 0.25) is 0 Å². The van der Waals surface area contributed by atoms with Crippen LogP contribution >= 0.6 is 11.8 Å². The van der Waals surface area contributed by atoms with E-state index in [-0.39, 0.29) is 235 Å². The Labute approximate surface area is 844 Å². The number of carbonyl (C=O) groups is 15. The summed E-state index contributed by atoms with van der Waals surface area (Å²) in [5, 5.41) is 165. The Bertz CT molecular complexity index is 4770. The van der Waals surface area contributed by atoms with Crippen molar-refractivity contribution in [2.75, 3.05) is 64.7 Å². The highest BCUT2D eigenvalue weighted by Gasteiger charge is 2.43. The van der Waals surface area contributed by atoms with Crippen LogP contribution in [0.4, 0.5) is 4.79 Å². The fourth-order valence-corrected chi connectivity index (χ4v) is 16.5. The summed E-state index contributed by atoms with van der Waals surface area (Å²) in [5.41, 5.74) is 50.9. The van der Waals surface area contributed by atoms with Gasteiger partial charge in [-0.05, 0) is 153 Å². The topological polar surface area (TPSA) is 1070 Å². The maximum atomic E-state index is 15.2. The Hall–Kier alpha value is -16.2. The summed E-state index contributed by atoms with van der Waals surface area (Å²) < 4.78 is 6.81. The molecule has 0 unspecified atom stereocenters. The van der Waals surface area contributed by atoms with Gasteiger partial charge in [0.25, 0.3) is 0 Å². The molecule has 52 N–H and O–H groups in total. The van der Waals surface area contributed by atoms with Gasteiger partial charge < -0.3 is 189 Å². The second-order valence-electron chi connectivity index (χ2n) is 34.2. The third-order valence-electron chi connectivity index (χ3n) is 22.2. The van der Waals surface area contributed by atoms with Crippen LogP contribution in [0.1, 0.15) is 165 Å². The minimum absolute atomic E-state index is 0.000695. The van der Waals surface area contributed by atoms with Crippen LogP contribution in [0, 0.1) is 48.7 Å². The monoisotopic (exact) mass is 2080 g/mol. The Balaban J connectivity index is 1.74. The Morgan fingerprint density at radius 1 is 0.370 bits per heavy atom. The smallest absolute Gasteiger partial charge is 0.326 e. The molecule has 2 aliphatic heterocycles. The number of aromatic nitrogens is 3. The van der Waals surface area contributed by atoms with Crippen LogP contribution in [-0.2, 0) is 86.7 Å². The number of ether oxygens (including phenoxy) is 1. The number of nitrogens with zero attached hydrogens (tertiary/aromatic N) is 3. The molecule has 3 heterocycles. The van der Waals surface area contributed by atoms with Gasteiger partial charge in [-0.3, -0.25) is 111 Å². The van der Waals surface area contributed by atoms with Crippen molar-refractivity contribution in [3.05, 3.63) is 41.7 Å². The summed E-state index contributed by atoms with van der Waals surface area (Å²) in [6.45, 7) is -1.17. The van der Waals surface area contributed by atoms with Crippen molar-refractivity contribution in [2.45, 2.75) is 257 Å². The molecule has 0 saturated carbocycles. The minimum Gasteiger partial charge on any atom is -0.487 e. The molecule has 812 valence electrons. The fourth-order valence-electron chi connectivity index (χ4n) is 14.9. The molecule has 2 saturated heterocycles. The number of amides is 13. The average Bonchev–Trinajstić information content (AvgIpc) is 1.66. The van der Waals surface area contributed by atoms with E-state index in [1.54, 1.807) is 11.8 Å². The number of unbranched alkanes of at least 4 members (excludes halogenated alkanes) is 1. The number of urea groups is 1. The van der Waals surface area contributed by atoms with Crippen molar-refractivity contribution in [3.8, 4) is 5.75 Å². The second-order valence-corrected chi connectivity index (χ2v) is 35.4. The molecule has 146 heavy (non-hydrogen) atoms. The van der Waals surface area contributed by atoms with E-state index in [1.807, 2.05) is 0 Å². The SMILES string of the molecule is N=C(N)NCCC[C@H](NC(=O)CCCC[C@@H]1SC[C@@H]2NC(=O)N[C@@H]21)C(=O)N[C@@H](CCCNC(=N)N)C(=O)N[C@@H](CCCNC(=N)N)C(=O)N[C@@H](CCCNC(=N)N)C(=O)N[C@@H](CCCNC(=N)N)C(=O)N[C@@H](CCCNC(=N)N)C(=O)N[C@@H](CCCNC(=N)N)C(=O)N[C@@H](CCCNC(=N)N)C(=O)N[C@@H](CCC(=O)O)C(=O)N[C@@H](CCCNC(=N)N)C(=O)N[C@@H](Cc1ccc(OCc2cn(CC(=O)O)nn2)cc1)C(=O)O. The van der Waals surface area contributed by atoms with Crippen molar-refractivity contribution < 1.29 is 92.0 Å². The van der Waals surface area contributed by atoms with E-state index in [0.717, 1.165) is 10.4 Å². The number of benzene rings is 1. The highest BCUT2D eigenvalue weighted by molar-refractivity contribution is 8.00. The number of aliphatic carboxylic acids is 3. The molecule has 2 aliphatic rings. The van der Waals surface area contributed by atoms with E-state index in [2.05, 4.69) is 127 Å². The first kappa shape index (κ1) is 122. The first-order chi connectivity index (χ1) is 69.2. The van der Waals surface area contributed by atoms with Crippen molar-refractivity contribution in [2.24, 2.45) is 51.6 Å². The van der Waals surface area contributed by atoms with E-state index in [0.29, 0.717) is 24.8 Å². The molecule has 0 spiro atoms. The number of guanidine groups is 9. The number of hydrogen-bond acceptors (Lipinski definition) is 28. The molecule has 13 amide bonds. The van der Waals surface area contributed by atoms with Gasteiger partial charge in [-0.1, -0.05) is 23.8 Å². The van der Waals surface area contributed by atoms with Gasteiger partial charge in [-0.2, -0.15) is 11.8 Å². The summed E-state index contributed by atoms with van der Waals surface area (Å²) in [6.07, 6.45) is -1.57. The lowest BCUT2D eigenvalue weighted by Gasteiger charge is -2.29. The van der Waals surface area contributed by atoms with Gasteiger partial charge in [-0.25, -0.2) is 14.3 Å². The number of carbonyl (C=O) groups excluding carboxylic acids is 12. The van der Waals surface area contributed by atoms with E-state index in [1.165, 1.54) is 30.5 Å². The molecule has 63 heteroatoms. The summed E-state index contributed by atoms with van der Waals surface area (Å²) in [7, 11) is 0. The molecule has 0 bridgehead atoms. The maximum Gasteiger partial charge on any atom is 0.326 e. The zero-order valence-corrected chi connectivity index (χ0v) is 81.8. The molecule has 2 aromatic rings. The zero-order valence-electron chi connectivity index (χ0n) is 81.0. The first-order valence-corrected chi connectivity index (χ1v) is 48.3. The van der Waals surface area contributed by atoms with Crippen LogP contribution in [0.5, 0.6) is 5.75 Å². The number of carboxylic acid groups (broad SMARTS) is 3. The number of fused-ring (bicyclic) bond motifs is 1. The molecule has 14 atom stereocenters. The first-order valence-electron chi connectivity index (χ1n) is 47.3. The molecule has 1 aromatic carbocycles. The Kier molecular flexibility index (Phi) is 55.6. The quantitative estimate of drug-likeness (QED) is 0.0127. The van der Waals surface area contributed by atoms with Crippen molar-refractivity contribution in [1.82, 2.24) is 132 Å². The molecular formula is C83H145N43O19S. The summed E-state index contributed by atoms with van der Waals surface area (Å²) in [4.78, 5) is 211. The normalized spacial score (nSPS) is 15.4. The highest BCUT2D eigenvalue weighted by atomic mass is 32.2. The van der Waals surface area contributed by atoms with Crippen molar-refractivity contribution in [3.63, 3.8) is 0 Å². The third kappa shape index (κ3) is 51.5. The van der Waals surface area contributed by atoms with E-state index in [4.69, 9.17) is 110 Å². The Morgan fingerprint density at radius 2 is 0.651 bits per heavy atom. The van der Waals surface area contributed by atoms with Crippen LogP contribution in [-0.4, -0.2) is 321 Å². The van der Waals surface area contributed by atoms with Gasteiger partial charge in [0.2, 0.25) is 65.0 Å². The van der Waals surface area contributed by atoms with E-state index < -0.39 is 216 Å². The predicted octanol–water partition coefficient (Wildman–Crippen LogP) is -11.1. The largest absolute Gasteiger partial charge is 0.487 e. The van der Waals surface area contributed by atoms with Crippen LogP contribution in [0.3, 0.4) is 0 Å². The van der Waals surface area contributed by atoms with Crippen LogP contribution < -0.4 is 173 Å². The number of nitrogens with one attached hydrogen (secondary N) is 31. The van der Waals surface area contributed by atoms with Gasteiger partial charge in [-0.15, -0.1) is 5.10 Å². The van der Waals surface area contributed by atoms with Crippen molar-refractivity contribution >= 4 is 154 Å². The minimum atomic E-state index is -1.88. The molecule has 62 nitrogen and oxygen atoms in total. The lowest BCUT2D eigenvalue weighted by molar-refractivity contribution is -0.142. The van der Waals surface area contributed by atoms with Crippen molar-refractivity contribution in [1.29, 1.82) is 48.7 Å². The average molecular weight is 2080 g/mol. The number of carboxylic acids is 3. The molecule has 0 aliphatic carbocycles. The lowest BCUT2D eigenvalue weighted by atomic mass is 10.0. The molecule has 2 fully saturated rings. The van der Waals surface area contributed by atoms with Gasteiger partial charge in [0.1, 0.15) is 91.1 Å². The molecule has 1 aromatic heterocycles. The summed E-state index contributed by atoms with van der Waals surface area (Å²) >= 11 is 1.71.